The first-order valence-corrected chi connectivity index (χ1v) is 10.7. The number of aliphatic hydroxyl groups is 1. The maximum Gasteiger partial charge on any atom is 0.353 e. The summed E-state index contributed by atoms with van der Waals surface area (Å²) in [6, 6.07) is -0.281. The minimum atomic E-state index is -1.09. The highest BCUT2D eigenvalue weighted by molar-refractivity contribution is 8.04. The number of thiazole rings is 1. The van der Waals surface area contributed by atoms with Crippen LogP contribution in [0.5, 0.6) is 0 Å². The van der Waals surface area contributed by atoms with Gasteiger partial charge in [-0.1, -0.05) is 18.7 Å². The van der Waals surface area contributed by atoms with Crippen LogP contribution < -0.4 is 0 Å². The molecule has 0 saturated carbocycles. The van der Waals surface area contributed by atoms with E-state index in [-0.39, 0.29) is 23.6 Å². The number of β-lactam (4-membered cyclic amide) rings is 1. The standard InChI is InChI=1S/C18H23N3O4S2/c1-8-13-12(9(2)22)16(23)20(13)14(17(24)25)15(8)27-18-19-10-5-6-21(3,4)7-11(10)26-18/h8-9,12-13,22H,5-7H2,1-4H3/p+1/t8-,9-,12-,13-/m1/s1. The third-order valence-corrected chi connectivity index (χ3v) is 8.22. The Morgan fingerprint density at radius 2 is 2.15 bits per heavy atom. The molecule has 4 rings (SSSR count). The second-order valence-electron chi connectivity index (χ2n) is 8.29. The van der Waals surface area contributed by atoms with Crippen LogP contribution in [-0.4, -0.2) is 69.2 Å². The quantitative estimate of drug-likeness (QED) is 0.578. The zero-order valence-corrected chi connectivity index (χ0v) is 17.4. The molecule has 0 bridgehead atoms. The predicted octanol–water partition coefficient (Wildman–Crippen LogP) is 1.52. The fourth-order valence-electron chi connectivity index (χ4n) is 4.35. The van der Waals surface area contributed by atoms with Crippen LogP contribution >= 0.6 is 23.1 Å². The van der Waals surface area contributed by atoms with Crippen LogP contribution in [0, 0.1) is 11.8 Å². The number of hydrogen-bond acceptors (Lipinski definition) is 6. The average molecular weight is 411 g/mol. The third-order valence-electron chi connectivity index (χ3n) is 5.79. The summed E-state index contributed by atoms with van der Waals surface area (Å²) >= 11 is 3.00. The summed E-state index contributed by atoms with van der Waals surface area (Å²) in [5, 5.41) is 19.7. The second kappa shape index (κ2) is 6.30. The number of nitrogens with zero attached hydrogens (tertiary/aromatic N) is 3. The lowest BCUT2D eigenvalue weighted by Crippen LogP contribution is -2.63. The van der Waals surface area contributed by atoms with Crippen molar-refractivity contribution in [2.75, 3.05) is 20.6 Å². The van der Waals surface area contributed by atoms with Crippen LogP contribution in [-0.2, 0) is 22.6 Å². The number of carboxylic acid groups (broad SMARTS) is 1. The fraction of sp³-hybridized carbons (Fsp3) is 0.611. The molecule has 27 heavy (non-hydrogen) atoms. The minimum absolute atomic E-state index is 0.0590. The number of rotatable bonds is 4. The van der Waals surface area contributed by atoms with Gasteiger partial charge in [0.25, 0.3) is 0 Å². The Bertz CT molecular complexity index is 861. The van der Waals surface area contributed by atoms with E-state index in [0.29, 0.717) is 4.91 Å². The SMILES string of the molecule is C[C@@H](O)[C@H]1C(=O)N2C(C(=O)O)=C(Sc3nc4c(s3)C[N+](C)(C)CC4)[C@H](C)[C@H]12. The molecular weight excluding hydrogens is 386 g/mol. The van der Waals surface area contributed by atoms with Crippen molar-refractivity contribution in [3.05, 3.63) is 21.2 Å². The number of aromatic nitrogens is 1. The highest BCUT2D eigenvalue weighted by Crippen LogP contribution is 2.52. The maximum absolute atomic E-state index is 12.4. The van der Waals surface area contributed by atoms with E-state index in [1.807, 2.05) is 6.92 Å². The van der Waals surface area contributed by atoms with E-state index < -0.39 is 18.0 Å². The van der Waals surface area contributed by atoms with Crippen LogP contribution in [0.2, 0.25) is 0 Å². The summed E-state index contributed by atoms with van der Waals surface area (Å²) in [6.07, 6.45) is 0.143. The van der Waals surface area contributed by atoms with Crippen LogP contribution in [0.3, 0.4) is 0 Å². The normalized spacial score (nSPS) is 30.0. The molecule has 1 saturated heterocycles. The van der Waals surface area contributed by atoms with E-state index in [1.54, 1.807) is 18.3 Å². The number of carbonyl (C=O) groups is 2. The van der Waals surface area contributed by atoms with Crippen molar-refractivity contribution < 1.29 is 24.3 Å². The molecule has 0 aromatic carbocycles. The largest absolute Gasteiger partial charge is 0.477 e. The highest BCUT2D eigenvalue weighted by Gasteiger charge is 2.60. The molecule has 0 radical (unpaired) electrons. The number of likely N-dealkylation sites (N-methyl/N-ethyl adjacent to an activating group) is 1. The Balaban J connectivity index is 1.65. The zero-order valence-electron chi connectivity index (χ0n) is 15.8. The monoisotopic (exact) mass is 410 g/mol. The van der Waals surface area contributed by atoms with Gasteiger partial charge in [0, 0.05) is 17.2 Å². The molecule has 1 amide bonds. The van der Waals surface area contributed by atoms with Crippen molar-refractivity contribution in [2.24, 2.45) is 11.8 Å². The number of carbonyl (C=O) groups excluding carboxylic acids is 1. The van der Waals surface area contributed by atoms with Crippen molar-refractivity contribution >= 4 is 35.0 Å². The number of hydrogen-bond donors (Lipinski definition) is 2. The number of fused-ring (bicyclic) bond motifs is 2. The van der Waals surface area contributed by atoms with Gasteiger partial charge in [0.15, 0.2) is 4.34 Å². The summed E-state index contributed by atoms with van der Waals surface area (Å²) in [5.41, 5.74) is 1.17. The number of amides is 1. The fourth-order valence-corrected chi connectivity index (χ4v) is 7.09. The van der Waals surface area contributed by atoms with Crippen LogP contribution in [0.4, 0.5) is 0 Å². The van der Waals surface area contributed by atoms with E-state index in [0.717, 1.165) is 34.0 Å². The molecule has 1 aromatic heterocycles. The lowest BCUT2D eigenvalue weighted by atomic mass is 9.79. The summed E-state index contributed by atoms with van der Waals surface area (Å²) in [4.78, 5) is 32.3. The molecule has 146 valence electrons. The van der Waals surface area contributed by atoms with Gasteiger partial charge in [0.2, 0.25) is 5.91 Å². The van der Waals surface area contributed by atoms with Crippen molar-refractivity contribution in [1.82, 2.24) is 9.88 Å². The lowest BCUT2D eigenvalue weighted by Gasteiger charge is -2.46. The van der Waals surface area contributed by atoms with Crippen molar-refractivity contribution in [2.45, 2.75) is 43.3 Å². The Morgan fingerprint density at radius 3 is 2.78 bits per heavy atom. The lowest BCUT2D eigenvalue weighted by molar-refractivity contribution is -0.905. The van der Waals surface area contributed by atoms with Gasteiger partial charge in [-0.15, -0.1) is 11.3 Å². The Hall–Kier alpha value is -1.42. The van der Waals surface area contributed by atoms with Gasteiger partial charge in [0.1, 0.15) is 12.2 Å². The summed E-state index contributed by atoms with van der Waals surface area (Å²) in [7, 11) is 4.40. The molecule has 0 spiro atoms. The molecule has 4 heterocycles. The van der Waals surface area contributed by atoms with E-state index in [4.69, 9.17) is 4.98 Å². The Labute approximate surface area is 166 Å². The number of aliphatic carboxylic acids is 1. The van der Waals surface area contributed by atoms with Gasteiger partial charge in [0.05, 0.1) is 49.3 Å². The van der Waals surface area contributed by atoms with E-state index >= 15 is 0 Å². The first-order chi connectivity index (χ1) is 12.6. The molecule has 7 nitrogen and oxygen atoms in total. The predicted molar refractivity (Wildman–Crippen MR) is 102 cm³/mol. The average Bonchev–Trinajstić information content (AvgIpc) is 3.04. The van der Waals surface area contributed by atoms with Crippen molar-refractivity contribution in [3.63, 3.8) is 0 Å². The van der Waals surface area contributed by atoms with E-state index in [2.05, 4.69) is 14.1 Å². The smallest absolute Gasteiger partial charge is 0.353 e. The van der Waals surface area contributed by atoms with Crippen LogP contribution in [0.1, 0.15) is 24.4 Å². The summed E-state index contributed by atoms with van der Waals surface area (Å²) < 4.78 is 1.77. The molecule has 3 aliphatic heterocycles. The van der Waals surface area contributed by atoms with Crippen LogP contribution in [0.15, 0.2) is 14.9 Å². The molecule has 0 unspecified atom stereocenters. The van der Waals surface area contributed by atoms with E-state index in [1.165, 1.54) is 21.5 Å². The summed E-state index contributed by atoms with van der Waals surface area (Å²) in [6.45, 7) is 5.50. The molecule has 3 aliphatic rings. The Kier molecular flexibility index (Phi) is 4.41. The molecule has 1 fully saturated rings. The molecule has 1 aromatic rings. The van der Waals surface area contributed by atoms with Crippen molar-refractivity contribution in [3.8, 4) is 0 Å². The number of carboxylic acids is 1. The van der Waals surface area contributed by atoms with Gasteiger partial charge < -0.3 is 19.6 Å². The number of quaternary nitrogens is 1. The van der Waals surface area contributed by atoms with Gasteiger partial charge in [-0.3, -0.25) is 4.79 Å². The minimum Gasteiger partial charge on any atom is -0.477 e. The summed E-state index contributed by atoms with van der Waals surface area (Å²) in [5.74, 6) is -2.06. The maximum atomic E-state index is 12.4. The van der Waals surface area contributed by atoms with Gasteiger partial charge in [-0.2, -0.15) is 0 Å². The van der Waals surface area contributed by atoms with E-state index in [9.17, 15) is 19.8 Å². The number of aliphatic hydroxyl groups excluding tert-OH is 1. The molecule has 0 aliphatic carbocycles. The second-order valence-corrected chi connectivity index (χ2v) is 10.7. The topological polar surface area (TPSA) is 90.7 Å². The molecular formula is C18H24N3O4S2+. The molecule has 4 atom stereocenters. The molecule has 9 heteroatoms. The van der Waals surface area contributed by atoms with Gasteiger partial charge >= 0.3 is 5.97 Å². The number of thioether (sulfide) groups is 1. The molecule has 2 N–H and O–H groups in total. The Morgan fingerprint density at radius 1 is 1.44 bits per heavy atom. The first-order valence-electron chi connectivity index (χ1n) is 9.08. The van der Waals surface area contributed by atoms with Crippen LogP contribution in [0.25, 0.3) is 0 Å². The first kappa shape index (κ1) is 18.9. The van der Waals surface area contributed by atoms with Gasteiger partial charge in [-0.05, 0) is 6.92 Å². The zero-order chi connectivity index (χ0) is 19.7. The highest BCUT2D eigenvalue weighted by atomic mass is 32.2. The third kappa shape index (κ3) is 2.91. The van der Waals surface area contributed by atoms with Gasteiger partial charge in [-0.25, -0.2) is 9.78 Å². The van der Waals surface area contributed by atoms with Crippen molar-refractivity contribution in [1.29, 1.82) is 0 Å².